The fraction of sp³-hybridized carbons (Fsp3) is 0.552. The number of rotatable bonds is 7. The van der Waals surface area contributed by atoms with Crippen molar-refractivity contribution in [1.29, 1.82) is 0 Å². The monoisotopic (exact) mass is 542 g/mol. The highest BCUT2D eigenvalue weighted by Gasteiger charge is 2.55. The van der Waals surface area contributed by atoms with Crippen LogP contribution in [0.25, 0.3) is 0 Å². The zero-order valence-corrected chi connectivity index (χ0v) is 24.1. The van der Waals surface area contributed by atoms with Crippen molar-refractivity contribution < 1.29 is 38.3 Å². The van der Waals surface area contributed by atoms with E-state index in [9.17, 15) is 9.90 Å². The number of aliphatic hydroxyl groups excluding tert-OH is 1. The molecule has 5 atom stereocenters. The van der Waals surface area contributed by atoms with E-state index in [0.29, 0.717) is 29.4 Å². The van der Waals surface area contributed by atoms with Gasteiger partial charge in [0.1, 0.15) is 23.7 Å². The Morgan fingerprint density at radius 1 is 0.923 bits per heavy atom. The van der Waals surface area contributed by atoms with Crippen LogP contribution in [0, 0.1) is 6.92 Å². The summed E-state index contributed by atoms with van der Waals surface area (Å²) in [5, 5.41) is 10.8. The van der Waals surface area contributed by atoms with E-state index < -0.39 is 24.3 Å². The smallest absolute Gasteiger partial charge is 0.245 e. The minimum Gasteiger partial charge on any atom is -0.498 e. The number of hydrogen-bond donors (Lipinski definition) is 1. The van der Waals surface area contributed by atoms with Crippen LogP contribution in [0.2, 0.25) is 0 Å². The molecule has 1 aromatic rings. The molecule has 5 rings (SSSR count). The number of carbonyl (C=O) groups excluding carboxylic acids is 1. The highest BCUT2D eigenvalue weighted by Crippen LogP contribution is 2.56. The SMILES string of the molecule is COC1=C(C)C(OC)C2=C(C1OC)[C@H](CO)N1C(=O)[C@H]3Cc4c(OC)c(C)c(OC)c(OC)c4[C@H](C1=C2)N3C. The summed E-state index contributed by atoms with van der Waals surface area (Å²) < 4.78 is 35.3. The van der Waals surface area contributed by atoms with E-state index >= 15 is 0 Å². The molecule has 3 aliphatic heterocycles. The van der Waals surface area contributed by atoms with Crippen LogP contribution < -0.4 is 14.2 Å². The molecule has 212 valence electrons. The Kier molecular flexibility index (Phi) is 7.17. The lowest BCUT2D eigenvalue weighted by atomic mass is 9.74. The van der Waals surface area contributed by atoms with Crippen LogP contribution in [0.15, 0.2) is 34.3 Å². The number of aliphatic hydroxyl groups is 1. The second-order valence-corrected chi connectivity index (χ2v) is 10.3. The van der Waals surface area contributed by atoms with Gasteiger partial charge in [0, 0.05) is 48.6 Å². The second kappa shape index (κ2) is 10.2. The maximum absolute atomic E-state index is 14.3. The number of methoxy groups -OCH3 is 6. The molecule has 2 bridgehead atoms. The second-order valence-electron chi connectivity index (χ2n) is 10.3. The third-order valence-corrected chi connectivity index (χ3v) is 8.75. The first-order valence-corrected chi connectivity index (χ1v) is 13.0. The lowest BCUT2D eigenvalue weighted by Gasteiger charge is -2.55. The molecule has 39 heavy (non-hydrogen) atoms. The molecule has 1 aliphatic carbocycles. The minimum atomic E-state index is -0.658. The molecule has 0 radical (unpaired) electrons. The third-order valence-electron chi connectivity index (χ3n) is 8.75. The third kappa shape index (κ3) is 3.58. The van der Waals surface area contributed by atoms with Gasteiger partial charge in [0.05, 0.1) is 53.2 Å². The summed E-state index contributed by atoms with van der Waals surface area (Å²) in [7, 11) is 11.7. The minimum absolute atomic E-state index is 0.0974. The van der Waals surface area contributed by atoms with Crippen LogP contribution in [0.1, 0.15) is 29.7 Å². The van der Waals surface area contributed by atoms with E-state index in [0.717, 1.165) is 39.1 Å². The van der Waals surface area contributed by atoms with Gasteiger partial charge in [-0.3, -0.25) is 9.69 Å². The van der Waals surface area contributed by atoms with E-state index in [-0.39, 0.29) is 18.6 Å². The highest BCUT2D eigenvalue weighted by atomic mass is 16.5. The normalized spacial score (nSPS) is 28.1. The van der Waals surface area contributed by atoms with Crippen molar-refractivity contribution in [3.63, 3.8) is 0 Å². The Morgan fingerprint density at radius 2 is 1.56 bits per heavy atom. The molecule has 10 nitrogen and oxygen atoms in total. The molecule has 2 unspecified atom stereocenters. The van der Waals surface area contributed by atoms with Crippen molar-refractivity contribution in [2.75, 3.05) is 56.3 Å². The number of carbonyl (C=O) groups is 1. The summed E-state index contributed by atoms with van der Waals surface area (Å²) in [6.07, 6.45) is 1.44. The molecule has 4 aliphatic rings. The predicted molar refractivity (Wildman–Crippen MR) is 143 cm³/mol. The zero-order valence-electron chi connectivity index (χ0n) is 24.1. The quantitative estimate of drug-likeness (QED) is 0.556. The summed E-state index contributed by atoms with van der Waals surface area (Å²) in [5.74, 6) is 2.42. The first-order chi connectivity index (χ1) is 18.7. The number of benzene rings is 1. The fourth-order valence-corrected chi connectivity index (χ4v) is 7.16. The topological polar surface area (TPSA) is 99.2 Å². The number of hydrogen-bond acceptors (Lipinski definition) is 9. The summed E-state index contributed by atoms with van der Waals surface area (Å²) in [5.41, 5.74) is 5.86. The van der Waals surface area contributed by atoms with Gasteiger partial charge in [0.25, 0.3) is 0 Å². The van der Waals surface area contributed by atoms with Crippen molar-refractivity contribution in [3.8, 4) is 17.2 Å². The standard InChI is InChI=1S/C29H38N2O8/c1-13-23(34-4)15-10-17-22-21-16(24(35-5)14(2)26(37-7)28(21)39-9)11-18(30(22)3)29(33)31(17)19(12-32)20(15)27(38-8)25(13)36-6/h10,18-19,22-23,27,32H,11-12H2,1-9H3/t18-,19+,22+,23?,27?/m1/s1. The Bertz CT molecular complexity index is 1300. The summed E-state index contributed by atoms with van der Waals surface area (Å²) >= 11 is 0. The van der Waals surface area contributed by atoms with E-state index in [4.69, 9.17) is 28.4 Å². The Morgan fingerprint density at radius 3 is 2.10 bits per heavy atom. The van der Waals surface area contributed by atoms with Gasteiger partial charge in [-0.15, -0.1) is 0 Å². The Labute approximate surface area is 229 Å². The van der Waals surface area contributed by atoms with Crippen molar-refractivity contribution in [1.82, 2.24) is 9.80 Å². The molecule has 1 aromatic carbocycles. The number of fused-ring (bicyclic) bond motifs is 6. The molecule has 3 heterocycles. The molecule has 1 fully saturated rings. The van der Waals surface area contributed by atoms with Crippen LogP contribution in [-0.4, -0.2) is 101 Å². The largest absolute Gasteiger partial charge is 0.498 e. The van der Waals surface area contributed by atoms with Gasteiger partial charge in [0.15, 0.2) is 11.5 Å². The van der Waals surface area contributed by atoms with E-state index in [2.05, 4.69) is 4.90 Å². The van der Waals surface area contributed by atoms with Gasteiger partial charge < -0.3 is 38.4 Å². The number of ether oxygens (including phenoxy) is 6. The van der Waals surface area contributed by atoms with E-state index in [1.54, 1.807) is 47.6 Å². The Hall–Kier alpha value is -3.05. The lowest BCUT2D eigenvalue weighted by molar-refractivity contribution is -0.144. The molecule has 10 heteroatoms. The van der Waals surface area contributed by atoms with Gasteiger partial charge in [-0.05, 0) is 38.1 Å². The van der Waals surface area contributed by atoms with Crippen LogP contribution in [0.5, 0.6) is 17.2 Å². The van der Waals surface area contributed by atoms with Gasteiger partial charge in [-0.1, -0.05) is 0 Å². The van der Waals surface area contributed by atoms with Crippen molar-refractivity contribution >= 4 is 5.91 Å². The molecule has 0 spiro atoms. The maximum Gasteiger partial charge on any atom is 0.245 e. The van der Waals surface area contributed by atoms with Crippen molar-refractivity contribution in [3.05, 3.63) is 50.9 Å². The van der Waals surface area contributed by atoms with Crippen LogP contribution in [0.4, 0.5) is 0 Å². The van der Waals surface area contributed by atoms with E-state index in [1.807, 2.05) is 27.0 Å². The van der Waals surface area contributed by atoms with Gasteiger partial charge in [-0.2, -0.15) is 0 Å². The zero-order chi connectivity index (χ0) is 28.3. The Balaban J connectivity index is 1.83. The lowest BCUT2D eigenvalue weighted by Crippen LogP contribution is -2.63. The summed E-state index contributed by atoms with van der Waals surface area (Å²) in [6, 6.07) is -1.50. The first-order valence-electron chi connectivity index (χ1n) is 13.0. The average molecular weight is 543 g/mol. The van der Waals surface area contributed by atoms with Crippen molar-refractivity contribution in [2.24, 2.45) is 0 Å². The predicted octanol–water partition coefficient (Wildman–Crippen LogP) is 2.28. The average Bonchev–Trinajstić information content (AvgIpc) is 2.93. The molecule has 0 saturated carbocycles. The summed E-state index contributed by atoms with van der Waals surface area (Å²) in [6.45, 7) is 3.59. The highest BCUT2D eigenvalue weighted by molar-refractivity contribution is 5.89. The number of nitrogens with zero attached hydrogens (tertiary/aromatic N) is 2. The van der Waals surface area contributed by atoms with E-state index in [1.165, 1.54) is 0 Å². The molecule has 1 saturated heterocycles. The number of amides is 1. The fourth-order valence-electron chi connectivity index (χ4n) is 7.16. The first kappa shape index (κ1) is 27.5. The van der Waals surface area contributed by atoms with Crippen LogP contribution in [-0.2, 0) is 25.4 Å². The summed E-state index contributed by atoms with van der Waals surface area (Å²) in [4.78, 5) is 18.1. The van der Waals surface area contributed by atoms with Crippen LogP contribution >= 0.6 is 0 Å². The molecular formula is C29H38N2O8. The number of likely N-dealkylation sites (N-methyl/N-ethyl adjacent to an activating group) is 1. The maximum atomic E-state index is 14.3. The van der Waals surface area contributed by atoms with Gasteiger partial charge in [-0.25, -0.2) is 0 Å². The molecular weight excluding hydrogens is 504 g/mol. The molecule has 1 amide bonds. The molecule has 1 N–H and O–H groups in total. The van der Waals surface area contributed by atoms with Gasteiger partial charge >= 0.3 is 0 Å². The molecule has 0 aromatic heterocycles. The number of piperazine rings is 1. The van der Waals surface area contributed by atoms with Gasteiger partial charge in [0.2, 0.25) is 5.91 Å². The van der Waals surface area contributed by atoms with Crippen molar-refractivity contribution in [2.45, 2.75) is 50.6 Å². The van der Waals surface area contributed by atoms with Crippen LogP contribution in [0.3, 0.4) is 0 Å².